The largest absolute Gasteiger partial charge is 0.472 e. The SMILES string of the molecule is CCCCCCC/C=C\C/C=C\CCCCCCCCCCCCCC(=O)NC(COP(=O)(O)OCCN)C(O)/C=C/CCCCCCCCC. The van der Waals surface area contributed by atoms with Crippen LogP contribution in [-0.2, 0) is 18.4 Å². The van der Waals surface area contributed by atoms with E-state index >= 15 is 0 Å². The molecule has 8 nitrogen and oxygen atoms in total. The van der Waals surface area contributed by atoms with E-state index in [0.717, 1.165) is 44.9 Å². The Morgan fingerprint density at radius 1 is 0.647 bits per heavy atom. The number of carbonyl (C=O) groups is 1. The van der Waals surface area contributed by atoms with Crippen LogP contribution in [0.1, 0.15) is 194 Å². The lowest BCUT2D eigenvalue weighted by molar-refractivity contribution is -0.123. The highest BCUT2D eigenvalue weighted by Gasteiger charge is 2.26. The second-order valence-electron chi connectivity index (χ2n) is 14.2. The van der Waals surface area contributed by atoms with E-state index < -0.39 is 20.0 Å². The van der Waals surface area contributed by atoms with Crippen LogP contribution < -0.4 is 11.1 Å². The van der Waals surface area contributed by atoms with E-state index in [1.165, 1.54) is 128 Å². The molecular weight excluding hydrogens is 659 g/mol. The first-order valence-corrected chi connectivity index (χ1v) is 22.6. The Bertz CT molecular complexity index is 897. The van der Waals surface area contributed by atoms with E-state index in [2.05, 4.69) is 43.5 Å². The average Bonchev–Trinajstić information content (AvgIpc) is 3.12. The highest BCUT2D eigenvalue weighted by molar-refractivity contribution is 7.47. The molecule has 3 unspecified atom stereocenters. The van der Waals surface area contributed by atoms with E-state index in [4.69, 9.17) is 14.8 Å². The zero-order chi connectivity index (χ0) is 37.5. The molecule has 0 aromatic rings. The standard InChI is InChI=1S/C42H81N2O6P/c1-3-5-7-9-11-13-14-15-16-17-18-19-20-21-22-23-24-25-26-28-30-32-34-36-42(46)44-40(39-50-51(47,48)49-38-37-43)41(45)35-33-31-29-27-12-10-8-6-4-2/h14-15,17-18,33,35,40-41,45H,3-13,16,19-32,34,36-39,43H2,1-2H3,(H,44,46)(H,47,48)/b15-14-,18-17-,35-33+. The second kappa shape index (κ2) is 38.4. The Balaban J connectivity index is 4.06. The quantitative estimate of drug-likeness (QED) is 0.0280. The predicted molar refractivity (Wildman–Crippen MR) is 217 cm³/mol. The van der Waals surface area contributed by atoms with Gasteiger partial charge in [0.25, 0.3) is 0 Å². The van der Waals surface area contributed by atoms with Gasteiger partial charge >= 0.3 is 7.82 Å². The molecule has 0 aliphatic heterocycles. The van der Waals surface area contributed by atoms with Crippen molar-refractivity contribution in [3.8, 4) is 0 Å². The maximum atomic E-state index is 12.7. The van der Waals surface area contributed by atoms with Crippen LogP contribution in [0.3, 0.4) is 0 Å². The number of aliphatic hydroxyl groups is 1. The molecule has 0 bridgehead atoms. The van der Waals surface area contributed by atoms with Gasteiger partial charge in [-0.1, -0.05) is 172 Å². The minimum absolute atomic E-state index is 0.0777. The van der Waals surface area contributed by atoms with Gasteiger partial charge in [0, 0.05) is 13.0 Å². The summed E-state index contributed by atoms with van der Waals surface area (Å²) in [6.07, 6.45) is 44.9. The Morgan fingerprint density at radius 3 is 1.55 bits per heavy atom. The Hall–Kier alpha value is -1.28. The van der Waals surface area contributed by atoms with Crippen molar-refractivity contribution in [3.05, 3.63) is 36.5 Å². The number of nitrogens with one attached hydrogen (secondary N) is 1. The zero-order valence-corrected chi connectivity index (χ0v) is 34.0. The maximum absolute atomic E-state index is 12.7. The third kappa shape index (κ3) is 36.9. The number of phosphoric acid groups is 1. The van der Waals surface area contributed by atoms with Gasteiger partial charge in [0.05, 0.1) is 25.4 Å². The molecule has 0 saturated heterocycles. The molecular formula is C42H81N2O6P. The summed E-state index contributed by atoms with van der Waals surface area (Å²) >= 11 is 0. The molecule has 300 valence electrons. The summed E-state index contributed by atoms with van der Waals surface area (Å²) in [4.78, 5) is 22.6. The van der Waals surface area contributed by atoms with Gasteiger partial charge in [-0.2, -0.15) is 0 Å². The molecule has 0 aliphatic rings. The highest BCUT2D eigenvalue weighted by atomic mass is 31.2. The Labute approximate surface area is 314 Å². The number of amides is 1. The molecule has 3 atom stereocenters. The van der Waals surface area contributed by atoms with Gasteiger partial charge in [0.2, 0.25) is 5.91 Å². The van der Waals surface area contributed by atoms with Crippen molar-refractivity contribution >= 4 is 13.7 Å². The fourth-order valence-electron chi connectivity index (χ4n) is 5.98. The molecule has 5 N–H and O–H groups in total. The first-order chi connectivity index (χ1) is 24.9. The molecule has 0 spiro atoms. The molecule has 0 fully saturated rings. The minimum Gasteiger partial charge on any atom is -0.387 e. The molecule has 0 rings (SSSR count). The number of nitrogens with two attached hydrogens (primary N) is 1. The van der Waals surface area contributed by atoms with E-state index in [1.807, 2.05) is 6.08 Å². The van der Waals surface area contributed by atoms with Gasteiger partial charge in [-0.05, 0) is 51.4 Å². The normalized spacial score (nSPS) is 14.5. The minimum atomic E-state index is -4.33. The number of hydrogen-bond donors (Lipinski definition) is 4. The van der Waals surface area contributed by atoms with Crippen molar-refractivity contribution in [1.29, 1.82) is 0 Å². The Kier molecular flexibility index (Phi) is 37.5. The summed E-state index contributed by atoms with van der Waals surface area (Å²) in [7, 11) is -4.33. The molecule has 0 saturated carbocycles. The van der Waals surface area contributed by atoms with Crippen LogP contribution in [0.4, 0.5) is 0 Å². The van der Waals surface area contributed by atoms with E-state index in [0.29, 0.717) is 6.42 Å². The summed E-state index contributed by atoms with van der Waals surface area (Å²) in [6, 6.07) is -0.858. The van der Waals surface area contributed by atoms with E-state index in [-0.39, 0.29) is 25.7 Å². The second-order valence-corrected chi connectivity index (χ2v) is 15.7. The number of unbranched alkanes of at least 4 members (excludes halogenated alkanes) is 23. The first-order valence-electron chi connectivity index (χ1n) is 21.1. The van der Waals surface area contributed by atoms with E-state index in [9.17, 15) is 19.4 Å². The van der Waals surface area contributed by atoms with Gasteiger partial charge in [-0.15, -0.1) is 0 Å². The summed E-state index contributed by atoms with van der Waals surface area (Å²) in [5, 5.41) is 13.6. The maximum Gasteiger partial charge on any atom is 0.472 e. The smallest absolute Gasteiger partial charge is 0.387 e. The lowest BCUT2D eigenvalue weighted by Crippen LogP contribution is -2.45. The van der Waals surface area contributed by atoms with Gasteiger partial charge in [-0.25, -0.2) is 4.57 Å². The van der Waals surface area contributed by atoms with Gasteiger partial charge in [-0.3, -0.25) is 13.8 Å². The predicted octanol–water partition coefficient (Wildman–Crippen LogP) is 11.6. The van der Waals surface area contributed by atoms with Crippen molar-refractivity contribution in [1.82, 2.24) is 5.32 Å². The van der Waals surface area contributed by atoms with Crippen molar-refractivity contribution in [2.45, 2.75) is 206 Å². The fourth-order valence-corrected chi connectivity index (χ4v) is 6.74. The molecule has 9 heteroatoms. The van der Waals surface area contributed by atoms with E-state index in [1.54, 1.807) is 6.08 Å². The lowest BCUT2D eigenvalue weighted by atomic mass is 10.0. The van der Waals surface area contributed by atoms with Gasteiger partial charge < -0.3 is 21.1 Å². The number of allylic oxidation sites excluding steroid dienone is 5. The topological polar surface area (TPSA) is 131 Å². The van der Waals surface area contributed by atoms with Crippen molar-refractivity contribution in [2.75, 3.05) is 19.8 Å². The molecule has 0 aromatic carbocycles. The zero-order valence-electron chi connectivity index (χ0n) is 33.1. The number of rotatable bonds is 39. The summed E-state index contributed by atoms with van der Waals surface area (Å²) in [5.41, 5.74) is 5.35. The lowest BCUT2D eigenvalue weighted by Gasteiger charge is -2.23. The van der Waals surface area contributed by atoms with Gasteiger partial charge in [0.15, 0.2) is 0 Å². The van der Waals surface area contributed by atoms with Crippen LogP contribution in [0.5, 0.6) is 0 Å². The highest BCUT2D eigenvalue weighted by Crippen LogP contribution is 2.43. The van der Waals surface area contributed by atoms with Crippen LogP contribution >= 0.6 is 7.82 Å². The summed E-state index contributed by atoms with van der Waals surface area (Å²) in [5.74, 6) is -0.199. The summed E-state index contributed by atoms with van der Waals surface area (Å²) in [6.45, 7) is 4.09. The van der Waals surface area contributed by atoms with Crippen LogP contribution in [0.15, 0.2) is 36.5 Å². The molecule has 0 aromatic heterocycles. The average molecular weight is 741 g/mol. The fraction of sp³-hybridized carbons (Fsp3) is 0.833. The number of aliphatic hydroxyl groups excluding tert-OH is 1. The van der Waals surface area contributed by atoms with Crippen LogP contribution in [-0.4, -0.2) is 47.8 Å². The van der Waals surface area contributed by atoms with Gasteiger partial charge in [0.1, 0.15) is 0 Å². The van der Waals surface area contributed by atoms with Crippen LogP contribution in [0.25, 0.3) is 0 Å². The molecule has 0 heterocycles. The number of carbonyl (C=O) groups excluding carboxylic acids is 1. The van der Waals surface area contributed by atoms with Crippen molar-refractivity contribution in [2.24, 2.45) is 5.73 Å². The Morgan fingerprint density at radius 2 is 1.08 bits per heavy atom. The molecule has 0 aliphatic carbocycles. The third-order valence-corrected chi connectivity index (χ3v) is 10.2. The molecule has 0 radical (unpaired) electrons. The van der Waals surface area contributed by atoms with Crippen molar-refractivity contribution < 1.29 is 28.4 Å². The number of hydrogen-bond acceptors (Lipinski definition) is 6. The first kappa shape index (κ1) is 49.7. The number of phosphoric ester groups is 1. The molecule has 51 heavy (non-hydrogen) atoms. The third-order valence-electron chi connectivity index (χ3n) is 9.21. The monoisotopic (exact) mass is 741 g/mol. The van der Waals surface area contributed by atoms with Crippen LogP contribution in [0, 0.1) is 0 Å². The summed E-state index contributed by atoms with van der Waals surface area (Å²) < 4.78 is 22.0. The van der Waals surface area contributed by atoms with Crippen molar-refractivity contribution in [3.63, 3.8) is 0 Å². The molecule has 1 amide bonds. The van der Waals surface area contributed by atoms with Crippen LogP contribution in [0.2, 0.25) is 0 Å².